The molecule has 3 aromatic rings. The number of fused-ring (bicyclic) bond motifs is 1. The quantitative estimate of drug-likeness (QED) is 0.768. The first kappa shape index (κ1) is 13.6. The van der Waals surface area contributed by atoms with Crippen LogP contribution in [0.5, 0.6) is 0 Å². The van der Waals surface area contributed by atoms with E-state index in [4.69, 9.17) is 0 Å². The van der Waals surface area contributed by atoms with Gasteiger partial charge in [-0.25, -0.2) is 4.98 Å². The summed E-state index contributed by atoms with van der Waals surface area (Å²) in [6, 6.07) is 8.18. The zero-order valence-electron chi connectivity index (χ0n) is 11.2. The van der Waals surface area contributed by atoms with Crippen molar-refractivity contribution in [2.24, 2.45) is 0 Å². The summed E-state index contributed by atoms with van der Waals surface area (Å²) in [7, 11) is 0. The molecule has 0 aliphatic rings. The highest BCUT2D eigenvalue weighted by atomic mass is 19.4. The van der Waals surface area contributed by atoms with E-state index in [0.29, 0.717) is 11.5 Å². The number of pyridine rings is 1. The molecule has 0 amide bonds. The van der Waals surface area contributed by atoms with Crippen LogP contribution in [0.1, 0.15) is 18.1 Å². The molecule has 108 valence electrons. The standard InChI is InChI=1S/C15H12F3N3/c1-2-9-3-5-11-13(7-9)21-14(20-11)12-6-4-10(8-19-12)15(16,17)18/h3-8H,2H2,1H3,(H,20,21). The van der Waals surface area contributed by atoms with Gasteiger partial charge in [-0.3, -0.25) is 4.98 Å². The number of alkyl halides is 3. The lowest BCUT2D eigenvalue weighted by Gasteiger charge is -2.05. The highest BCUT2D eigenvalue weighted by Crippen LogP contribution is 2.29. The van der Waals surface area contributed by atoms with E-state index in [1.165, 1.54) is 6.07 Å². The highest BCUT2D eigenvalue weighted by Gasteiger charge is 2.30. The number of nitrogens with zero attached hydrogens (tertiary/aromatic N) is 2. The van der Waals surface area contributed by atoms with E-state index in [1.807, 2.05) is 18.2 Å². The molecule has 2 heterocycles. The second-order valence-electron chi connectivity index (χ2n) is 4.72. The molecule has 0 saturated heterocycles. The minimum atomic E-state index is -4.38. The Labute approximate surface area is 118 Å². The lowest BCUT2D eigenvalue weighted by molar-refractivity contribution is -0.137. The normalized spacial score (nSPS) is 12.0. The molecule has 0 aliphatic carbocycles. The van der Waals surface area contributed by atoms with Gasteiger partial charge in [0.2, 0.25) is 0 Å². The van der Waals surface area contributed by atoms with Crippen LogP contribution in [0.25, 0.3) is 22.6 Å². The summed E-state index contributed by atoms with van der Waals surface area (Å²) >= 11 is 0. The van der Waals surface area contributed by atoms with Crippen LogP contribution in [0.3, 0.4) is 0 Å². The maximum absolute atomic E-state index is 12.5. The van der Waals surface area contributed by atoms with Gasteiger partial charge in [0.1, 0.15) is 5.69 Å². The smallest absolute Gasteiger partial charge is 0.337 e. The first-order valence-corrected chi connectivity index (χ1v) is 6.49. The number of aromatic amines is 1. The van der Waals surface area contributed by atoms with Gasteiger partial charge in [0.15, 0.2) is 5.82 Å². The molecule has 0 unspecified atom stereocenters. The predicted molar refractivity (Wildman–Crippen MR) is 73.7 cm³/mol. The molecule has 0 spiro atoms. The lowest BCUT2D eigenvalue weighted by Crippen LogP contribution is -2.05. The Hall–Kier alpha value is -2.37. The van der Waals surface area contributed by atoms with Crippen LogP contribution in [0.2, 0.25) is 0 Å². The number of hydrogen-bond donors (Lipinski definition) is 1. The molecule has 1 N–H and O–H groups in total. The van der Waals surface area contributed by atoms with Crippen molar-refractivity contribution < 1.29 is 13.2 Å². The van der Waals surface area contributed by atoms with E-state index in [-0.39, 0.29) is 0 Å². The Morgan fingerprint density at radius 2 is 1.95 bits per heavy atom. The molecule has 0 atom stereocenters. The molecule has 0 bridgehead atoms. The maximum atomic E-state index is 12.5. The third-order valence-electron chi connectivity index (χ3n) is 3.29. The van der Waals surface area contributed by atoms with Crippen molar-refractivity contribution in [3.8, 4) is 11.5 Å². The molecule has 1 aromatic carbocycles. The van der Waals surface area contributed by atoms with Gasteiger partial charge in [0.05, 0.1) is 16.6 Å². The third kappa shape index (κ3) is 2.61. The molecule has 0 aliphatic heterocycles. The second-order valence-corrected chi connectivity index (χ2v) is 4.72. The van der Waals surface area contributed by atoms with Gasteiger partial charge >= 0.3 is 6.18 Å². The van der Waals surface area contributed by atoms with Crippen LogP contribution in [-0.2, 0) is 12.6 Å². The molecule has 6 heteroatoms. The SMILES string of the molecule is CCc1ccc2nc(-c3ccc(C(F)(F)F)cn3)[nH]c2c1. The Balaban J connectivity index is 2.00. The number of benzene rings is 1. The molecule has 21 heavy (non-hydrogen) atoms. The van der Waals surface area contributed by atoms with Crippen molar-refractivity contribution in [1.82, 2.24) is 15.0 Å². The van der Waals surface area contributed by atoms with Crippen LogP contribution in [0.4, 0.5) is 13.2 Å². The van der Waals surface area contributed by atoms with Crippen LogP contribution >= 0.6 is 0 Å². The molecule has 3 rings (SSSR count). The lowest BCUT2D eigenvalue weighted by atomic mass is 10.1. The molecule has 0 saturated carbocycles. The van der Waals surface area contributed by atoms with Gasteiger partial charge < -0.3 is 4.98 Å². The maximum Gasteiger partial charge on any atom is 0.417 e. The van der Waals surface area contributed by atoms with Gasteiger partial charge in [-0.05, 0) is 36.2 Å². The summed E-state index contributed by atoms with van der Waals surface area (Å²) in [6.07, 6.45) is -2.65. The van der Waals surface area contributed by atoms with Crippen molar-refractivity contribution in [2.75, 3.05) is 0 Å². The highest BCUT2D eigenvalue weighted by molar-refractivity contribution is 5.79. The number of rotatable bonds is 2. The van der Waals surface area contributed by atoms with Gasteiger partial charge in [-0.15, -0.1) is 0 Å². The number of aryl methyl sites for hydroxylation is 1. The minimum Gasteiger partial charge on any atom is -0.337 e. The van der Waals surface area contributed by atoms with Crippen molar-refractivity contribution in [3.05, 3.63) is 47.7 Å². The fourth-order valence-electron chi connectivity index (χ4n) is 2.10. The summed E-state index contributed by atoms with van der Waals surface area (Å²) in [6.45, 7) is 2.05. The molecule has 3 nitrogen and oxygen atoms in total. The van der Waals surface area contributed by atoms with E-state index in [1.54, 1.807) is 0 Å². The van der Waals surface area contributed by atoms with Crippen LogP contribution in [0, 0.1) is 0 Å². The molecular weight excluding hydrogens is 279 g/mol. The first-order valence-electron chi connectivity index (χ1n) is 6.49. The van der Waals surface area contributed by atoms with Crippen molar-refractivity contribution in [1.29, 1.82) is 0 Å². The Kier molecular flexibility index (Phi) is 3.16. The number of imidazole rings is 1. The summed E-state index contributed by atoms with van der Waals surface area (Å²) in [5.74, 6) is 0.465. The van der Waals surface area contributed by atoms with Crippen molar-refractivity contribution >= 4 is 11.0 Å². The van der Waals surface area contributed by atoms with Crippen molar-refractivity contribution in [2.45, 2.75) is 19.5 Å². The Bertz CT molecular complexity index is 773. The fraction of sp³-hybridized carbons (Fsp3) is 0.200. The monoisotopic (exact) mass is 291 g/mol. The summed E-state index contributed by atoms with van der Waals surface area (Å²) in [4.78, 5) is 11.3. The van der Waals surface area contributed by atoms with E-state index in [0.717, 1.165) is 35.3 Å². The fourth-order valence-corrected chi connectivity index (χ4v) is 2.10. The van der Waals surface area contributed by atoms with Crippen LogP contribution in [-0.4, -0.2) is 15.0 Å². The largest absolute Gasteiger partial charge is 0.417 e. The number of halogens is 3. The molecule has 0 fully saturated rings. The minimum absolute atomic E-state index is 0.386. The molecule has 0 radical (unpaired) electrons. The number of nitrogens with one attached hydrogen (secondary N) is 1. The average molecular weight is 291 g/mol. The number of H-pyrrole nitrogens is 1. The Morgan fingerprint density at radius 3 is 2.57 bits per heavy atom. The first-order chi connectivity index (χ1) is 9.97. The number of aromatic nitrogens is 3. The zero-order chi connectivity index (χ0) is 15.0. The van der Waals surface area contributed by atoms with Crippen molar-refractivity contribution in [3.63, 3.8) is 0 Å². The van der Waals surface area contributed by atoms with Gasteiger partial charge in [-0.2, -0.15) is 13.2 Å². The summed E-state index contributed by atoms with van der Waals surface area (Å²) in [5, 5.41) is 0. The van der Waals surface area contributed by atoms with Crippen LogP contribution < -0.4 is 0 Å². The van der Waals surface area contributed by atoms with Gasteiger partial charge in [0, 0.05) is 6.20 Å². The average Bonchev–Trinajstić information content (AvgIpc) is 2.89. The van der Waals surface area contributed by atoms with E-state index < -0.39 is 11.7 Å². The Morgan fingerprint density at radius 1 is 1.14 bits per heavy atom. The summed E-state index contributed by atoms with van der Waals surface area (Å²) < 4.78 is 37.5. The van der Waals surface area contributed by atoms with Gasteiger partial charge in [-0.1, -0.05) is 13.0 Å². The number of hydrogen-bond acceptors (Lipinski definition) is 2. The third-order valence-corrected chi connectivity index (χ3v) is 3.29. The van der Waals surface area contributed by atoms with Crippen LogP contribution in [0.15, 0.2) is 36.5 Å². The van der Waals surface area contributed by atoms with E-state index in [9.17, 15) is 13.2 Å². The molecular formula is C15H12F3N3. The predicted octanol–water partition coefficient (Wildman–Crippen LogP) is 4.21. The van der Waals surface area contributed by atoms with E-state index in [2.05, 4.69) is 21.9 Å². The van der Waals surface area contributed by atoms with Gasteiger partial charge in [0.25, 0.3) is 0 Å². The topological polar surface area (TPSA) is 41.6 Å². The van der Waals surface area contributed by atoms with E-state index >= 15 is 0 Å². The molecule has 2 aromatic heterocycles. The second kappa shape index (κ2) is 4.87. The summed E-state index contributed by atoms with van der Waals surface area (Å²) in [5.41, 5.74) is 2.40. The zero-order valence-corrected chi connectivity index (χ0v) is 11.2.